The van der Waals surface area contributed by atoms with Gasteiger partial charge >= 0.3 is 12.8 Å². The molecule has 3 rings (SSSR count). The number of likely N-dealkylation sites (tertiary alicyclic amines) is 1. The first-order valence-corrected chi connectivity index (χ1v) is 10.8. The van der Waals surface area contributed by atoms with Crippen molar-refractivity contribution in [3.8, 4) is 5.75 Å². The van der Waals surface area contributed by atoms with Crippen LogP contribution in [-0.2, 0) is 22.6 Å². The van der Waals surface area contributed by atoms with E-state index < -0.39 is 28.2 Å². The number of hydrogen-bond acceptors (Lipinski definition) is 4. The molecule has 1 aliphatic heterocycles. The number of alkyl halides is 5. The number of rotatable bonds is 7. The van der Waals surface area contributed by atoms with Gasteiger partial charge in [0.25, 0.3) is 0 Å². The topological polar surface area (TPSA) is 46.6 Å². The van der Waals surface area contributed by atoms with Gasteiger partial charge in [-0.25, -0.2) is 8.42 Å². The molecule has 0 aromatic heterocycles. The Hall–Kier alpha value is -2.20. The number of halogens is 5. The predicted octanol–water partition coefficient (Wildman–Crippen LogP) is 4.60. The van der Waals surface area contributed by atoms with Gasteiger partial charge in [0.15, 0.2) is 9.84 Å². The third-order valence-corrected chi connectivity index (χ3v) is 6.78. The van der Waals surface area contributed by atoms with Crippen molar-refractivity contribution < 1.29 is 35.1 Å². The standard InChI is InChI=1S/C20H20F5NO3S/c21-19(22)29-17-6-4-14(5-7-17)11-26-9-8-15(12-26)13-30(27,28)18-3-1-2-16(10-18)20(23,24)25/h1-7,10,15,19H,8-9,11-13H2/t15-/m1/s1. The summed E-state index contributed by atoms with van der Waals surface area (Å²) in [6, 6.07) is 9.98. The second kappa shape index (κ2) is 8.89. The molecule has 0 amide bonds. The average Bonchev–Trinajstić information content (AvgIpc) is 3.08. The van der Waals surface area contributed by atoms with E-state index in [-0.39, 0.29) is 22.3 Å². The van der Waals surface area contributed by atoms with Gasteiger partial charge in [-0.05, 0) is 54.8 Å². The molecule has 10 heteroatoms. The number of ether oxygens (including phenoxy) is 1. The van der Waals surface area contributed by atoms with E-state index in [0.29, 0.717) is 32.1 Å². The van der Waals surface area contributed by atoms with E-state index in [1.807, 2.05) is 4.90 Å². The minimum Gasteiger partial charge on any atom is -0.435 e. The first-order valence-electron chi connectivity index (χ1n) is 9.19. The first kappa shape index (κ1) is 22.5. The summed E-state index contributed by atoms with van der Waals surface area (Å²) in [7, 11) is -3.85. The Morgan fingerprint density at radius 3 is 2.43 bits per heavy atom. The molecule has 0 N–H and O–H groups in total. The first-order chi connectivity index (χ1) is 14.0. The molecule has 1 saturated heterocycles. The molecule has 1 aliphatic rings. The lowest BCUT2D eigenvalue weighted by Gasteiger charge is -2.17. The predicted molar refractivity (Wildman–Crippen MR) is 100.0 cm³/mol. The van der Waals surface area contributed by atoms with Crippen LogP contribution in [0.15, 0.2) is 53.4 Å². The molecule has 1 fully saturated rings. The molecular formula is C20H20F5NO3S. The summed E-state index contributed by atoms with van der Waals surface area (Å²) in [5.41, 5.74) is -0.131. The lowest BCUT2D eigenvalue weighted by molar-refractivity contribution is -0.137. The van der Waals surface area contributed by atoms with Gasteiger partial charge in [-0.1, -0.05) is 18.2 Å². The fourth-order valence-electron chi connectivity index (χ4n) is 3.50. The Labute approximate surface area is 171 Å². The molecule has 0 unspecified atom stereocenters. The van der Waals surface area contributed by atoms with Crippen LogP contribution in [0.1, 0.15) is 17.5 Å². The van der Waals surface area contributed by atoms with Crippen LogP contribution in [0.5, 0.6) is 5.75 Å². The van der Waals surface area contributed by atoms with Gasteiger partial charge in [0.2, 0.25) is 0 Å². The van der Waals surface area contributed by atoms with E-state index in [2.05, 4.69) is 4.74 Å². The Balaban J connectivity index is 1.59. The molecule has 30 heavy (non-hydrogen) atoms. The van der Waals surface area contributed by atoms with Crippen LogP contribution < -0.4 is 4.74 Å². The summed E-state index contributed by atoms with van der Waals surface area (Å²) >= 11 is 0. The fourth-order valence-corrected chi connectivity index (χ4v) is 5.18. The minimum atomic E-state index is -4.61. The lowest BCUT2D eigenvalue weighted by atomic mass is 10.1. The summed E-state index contributed by atoms with van der Waals surface area (Å²) < 4.78 is 92.5. The zero-order valence-corrected chi connectivity index (χ0v) is 16.6. The summed E-state index contributed by atoms with van der Waals surface area (Å²) in [5, 5.41) is 0. The van der Waals surface area contributed by atoms with Gasteiger partial charge in [0, 0.05) is 13.1 Å². The van der Waals surface area contributed by atoms with Gasteiger partial charge in [-0.3, -0.25) is 4.90 Å². The number of sulfone groups is 1. The van der Waals surface area contributed by atoms with Gasteiger partial charge in [0.1, 0.15) is 5.75 Å². The number of benzene rings is 2. The Kier molecular flexibility index (Phi) is 6.66. The third-order valence-electron chi connectivity index (χ3n) is 4.90. The van der Waals surface area contributed by atoms with Gasteiger partial charge in [-0.2, -0.15) is 22.0 Å². The van der Waals surface area contributed by atoms with Crippen LogP contribution in [0.2, 0.25) is 0 Å². The van der Waals surface area contributed by atoms with Crippen LogP contribution in [0, 0.1) is 5.92 Å². The Bertz CT molecular complexity index is 961. The van der Waals surface area contributed by atoms with E-state index in [1.165, 1.54) is 18.2 Å². The van der Waals surface area contributed by atoms with E-state index in [4.69, 9.17) is 0 Å². The largest absolute Gasteiger partial charge is 0.435 e. The van der Waals surface area contributed by atoms with Crippen molar-refractivity contribution in [3.05, 3.63) is 59.7 Å². The van der Waals surface area contributed by atoms with E-state index >= 15 is 0 Å². The molecule has 2 aromatic rings. The normalized spacial score (nSPS) is 18.1. The summed E-state index contributed by atoms with van der Waals surface area (Å²) in [4.78, 5) is 1.69. The highest BCUT2D eigenvalue weighted by Crippen LogP contribution is 2.31. The fraction of sp³-hybridized carbons (Fsp3) is 0.400. The summed E-state index contributed by atoms with van der Waals surface area (Å²) in [6.45, 7) is -1.27. The number of hydrogen-bond donors (Lipinski definition) is 0. The summed E-state index contributed by atoms with van der Waals surface area (Å²) in [5.74, 6) is -0.377. The third kappa shape index (κ3) is 5.91. The van der Waals surface area contributed by atoms with Crippen molar-refractivity contribution in [3.63, 3.8) is 0 Å². The smallest absolute Gasteiger partial charge is 0.416 e. The van der Waals surface area contributed by atoms with Crippen molar-refractivity contribution in [2.75, 3.05) is 18.8 Å². The monoisotopic (exact) mass is 449 g/mol. The van der Waals surface area contributed by atoms with Crippen molar-refractivity contribution in [1.82, 2.24) is 4.90 Å². The molecule has 0 saturated carbocycles. The quantitative estimate of drug-likeness (QED) is 0.580. The maximum atomic E-state index is 12.9. The molecular weight excluding hydrogens is 429 g/mol. The maximum absolute atomic E-state index is 12.9. The highest BCUT2D eigenvalue weighted by Gasteiger charge is 2.33. The molecule has 0 aliphatic carbocycles. The average molecular weight is 449 g/mol. The molecule has 2 aromatic carbocycles. The molecule has 0 bridgehead atoms. The van der Waals surface area contributed by atoms with Crippen LogP contribution in [0.4, 0.5) is 22.0 Å². The highest BCUT2D eigenvalue weighted by atomic mass is 32.2. The van der Waals surface area contributed by atoms with E-state index in [9.17, 15) is 30.4 Å². The van der Waals surface area contributed by atoms with Gasteiger partial charge < -0.3 is 4.74 Å². The lowest BCUT2D eigenvalue weighted by Crippen LogP contribution is -2.23. The van der Waals surface area contributed by atoms with Crippen molar-refractivity contribution in [1.29, 1.82) is 0 Å². The van der Waals surface area contributed by atoms with Crippen molar-refractivity contribution in [2.24, 2.45) is 5.92 Å². The molecule has 0 radical (unpaired) electrons. The summed E-state index contributed by atoms with van der Waals surface area (Å²) in [6.07, 6.45) is -4.00. The maximum Gasteiger partial charge on any atom is 0.416 e. The van der Waals surface area contributed by atoms with E-state index in [1.54, 1.807) is 12.1 Å². The van der Waals surface area contributed by atoms with Gasteiger partial charge in [-0.15, -0.1) is 0 Å². The minimum absolute atomic E-state index is 0.0558. The molecule has 1 atom stereocenters. The van der Waals surface area contributed by atoms with Gasteiger partial charge in [0.05, 0.1) is 16.2 Å². The highest BCUT2D eigenvalue weighted by molar-refractivity contribution is 7.91. The Morgan fingerprint density at radius 1 is 1.10 bits per heavy atom. The van der Waals surface area contributed by atoms with E-state index in [0.717, 1.165) is 17.7 Å². The zero-order valence-electron chi connectivity index (χ0n) is 15.8. The van der Waals surface area contributed by atoms with Crippen molar-refractivity contribution in [2.45, 2.75) is 30.6 Å². The SMILES string of the molecule is O=S(=O)(C[C@@H]1CCN(Cc2ccc(OC(F)F)cc2)C1)c1cccc(C(F)(F)F)c1. The van der Waals surface area contributed by atoms with Crippen molar-refractivity contribution >= 4 is 9.84 Å². The zero-order chi connectivity index (χ0) is 21.9. The van der Waals surface area contributed by atoms with Crippen LogP contribution >= 0.6 is 0 Å². The molecule has 4 nitrogen and oxygen atoms in total. The van der Waals surface area contributed by atoms with Crippen LogP contribution in [0.25, 0.3) is 0 Å². The molecule has 0 spiro atoms. The second-order valence-electron chi connectivity index (χ2n) is 7.22. The second-order valence-corrected chi connectivity index (χ2v) is 9.25. The number of nitrogens with zero attached hydrogens (tertiary/aromatic N) is 1. The molecule has 164 valence electrons. The Morgan fingerprint density at radius 2 is 1.80 bits per heavy atom. The molecule has 1 heterocycles. The van der Waals surface area contributed by atoms with Crippen LogP contribution in [-0.4, -0.2) is 38.8 Å². The van der Waals surface area contributed by atoms with Crippen LogP contribution in [0.3, 0.4) is 0 Å².